The predicted octanol–water partition coefficient (Wildman–Crippen LogP) is 3.97. The Balaban J connectivity index is 2.30. The first-order valence-corrected chi connectivity index (χ1v) is 9.99. The minimum atomic E-state index is -4.48. The summed E-state index contributed by atoms with van der Waals surface area (Å²) in [5, 5.41) is 12.8. The van der Waals surface area contributed by atoms with E-state index in [0.29, 0.717) is 5.56 Å². The van der Waals surface area contributed by atoms with Crippen LogP contribution in [-0.2, 0) is 0 Å². The van der Waals surface area contributed by atoms with Gasteiger partial charge in [-0.3, -0.25) is 10.9 Å². The van der Waals surface area contributed by atoms with Crippen molar-refractivity contribution in [3.05, 3.63) is 48.0 Å². The number of thiocarbonyl (C=S) groups is 2. The Morgan fingerprint density at radius 2 is 1.30 bits per heavy atom. The lowest BCUT2D eigenvalue weighted by Crippen LogP contribution is -2.40. The van der Waals surface area contributed by atoms with Crippen LogP contribution in [0.4, 0.5) is 26.3 Å². The third-order valence-electron chi connectivity index (χ3n) is 3.88. The largest absolute Gasteiger partial charge is 0.405 e. The second-order valence-corrected chi connectivity index (χ2v) is 7.32. The summed E-state index contributed by atoms with van der Waals surface area (Å²) in [7, 11) is 0. The van der Waals surface area contributed by atoms with E-state index >= 15 is 0 Å². The number of hydrogen-bond donors (Lipinski definition) is 4. The molecule has 0 radical (unpaired) electrons. The summed E-state index contributed by atoms with van der Waals surface area (Å²) < 4.78 is 74.2. The van der Waals surface area contributed by atoms with E-state index in [1.807, 2.05) is 28.8 Å². The van der Waals surface area contributed by atoms with Crippen molar-refractivity contribution in [3.63, 3.8) is 0 Å². The Hall–Kier alpha value is -3.00. The lowest BCUT2D eigenvalue weighted by molar-refractivity contribution is -0.122. The van der Waals surface area contributed by atoms with E-state index in [2.05, 4.69) is 21.1 Å². The van der Waals surface area contributed by atoms with E-state index in [0.717, 1.165) is 10.8 Å². The highest BCUT2D eigenvalue weighted by Crippen LogP contribution is 2.20. The van der Waals surface area contributed by atoms with Gasteiger partial charge in [-0.2, -0.15) is 36.5 Å². The molecule has 0 aromatic heterocycles. The molecule has 33 heavy (non-hydrogen) atoms. The maximum atomic E-state index is 12.4. The van der Waals surface area contributed by atoms with Gasteiger partial charge in [-0.15, -0.1) is 0 Å². The molecule has 4 N–H and O–H groups in total. The maximum Gasteiger partial charge on any atom is 0.405 e. The first kappa shape index (κ1) is 26.3. The van der Waals surface area contributed by atoms with Crippen LogP contribution in [-0.4, -0.2) is 47.1 Å². The molecule has 14 heteroatoms. The van der Waals surface area contributed by atoms with Crippen LogP contribution in [0, 0.1) is 0 Å². The molecule has 0 aliphatic rings. The summed E-state index contributed by atoms with van der Waals surface area (Å²) in [6.45, 7) is -1.21. The van der Waals surface area contributed by atoms with Crippen LogP contribution in [0.2, 0.25) is 0 Å². The van der Waals surface area contributed by atoms with Gasteiger partial charge >= 0.3 is 12.4 Å². The fraction of sp³-hybridized carbons (Fsp3) is 0.263. The van der Waals surface area contributed by atoms with Crippen LogP contribution >= 0.6 is 24.4 Å². The molecule has 6 nitrogen and oxygen atoms in total. The second kappa shape index (κ2) is 11.2. The summed E-state index contributed by atoms with van der Waals surface area (Å²) in [4.78, 5) is 0. The summed E-state index contributed by atoms with van der Waals surface area (Å²) in [6, 6.07) is 12.5. The summed E-state index contributed by atoms with van der Waals surface area (Å²) >= 11 is 9.60. The predicted molar refractivity (Wildman–Crippen MR) is 123 cm³/mol. The van der Waals surface area contributed by atoms with Crippen molar-refractivity contribution < 1.29 is 26.3 Å². The average Bonchev–Trinajstić information content (AvgIpc) is 2.74. The molecule has 2 aromatic carbocycles. The Labute approximate surface area is 195 Å². The zero-order chi connectivity index (χ0) is 24.6. The van der Waals surface area contributed by atoms with Gasteiger partial charge in [0.05, 0.1) is 5.71 Å². The highest BCUT2D eigenvalue weighted by Gasteiger charge is 2.27. The van der Waals surface area contributed by atoms with E-state index in [1.165, 1.54) is 6.92 Å². The molecule has 2 aromatic rings. The van der Waals surface area contributed by atoms with Gasteiger partial charge < -0.3 is 10.6 Å². The number of benzene rings is 2. The Kier molecular flexibility index (Phi) is 8.93. The van der Waals surface area contributed by atoms with Crippen LogP contribution in [0.1, 0.15) is 12.5 Å². The van der Waals surface area contributed by atoms with Crippen molar-refractivity contribution in [2.45, 2.75) is 19.3 Å². The third-order valence-corrected chi connectivity index (χ3v) is 4.35. The second-order valence-electron chi connectivity index (χ2n) is 6.50. The third kappa shape index (κ3) is 9.18. The normalized spacial score (nSPS) is 12.9. The van der Waals surface area contributed by atoms with Crippen molar-refractivity contribution in [1.29, 1.82) is 0 Å². The van der Waals surface area contributed by atoms with Crippen LogP contribution in [0.25, 0.3) is 10.8 Å². The van der Waals surface area contributed by atoms with E-state index in [1.54, 1.807) is 24.3 Å². The zero-order valence-electron chi connectivity index (χ0n) is 16.9. The lowest BCUT2D eigenvalue weighted by Gasteiger charge is -2.14. The highest BCUT2D eigenvalue weighted by molar-refractivity contribution is 7.80. The minimum absolute atomic E-state index is 0.175. The Bertz CT molecular complexity index is 1060. The number of hydrogen-bond acceptors (Lipinski definition) is 4. The molecule has 0 heterocycles. The summed E-state index contributed by atoms with van der Waals surface area (Å²) in [5.41, 5.74) is 5.53. The molecule has 0 unspecified atom stereocenters. The highest BCUT2D eigenvalue weighted by atomic mass is 32.1. The molecule has 0 spiro atoms. The van der Waals surface area contributed by atoms with Crippen molar-refractivity contribution in [3.8, 4) is 0 Å². The monoisotopic (exact) mass is 508 g/mol. The number of nitrogens with zero attached hydrogens (tertiary/aromatic N) is 2. The van der Waals surface area contributed by atoms with Gasteiger partial charge in [0.1, 0.15) is 18.8 Å². The Morgan fingerprint density at radius 1 is 0.788 bits per heavy atom. The molecule has 0 aliphatic carbocycles. The van der Waals surface area contributed by atoms with Crippen LogP contribution in [0.5, 0.6) is 0 Å². The zero-order valence-corrected chi connectivity index (χ0v) is 18.6. The summed E-state index contributed by atoms with van der Waals surface area (Å²) in [5.74, 6) is 0. The molecular weight excluding hydrogens is 490 g/mol. The van der Waals surface area contributed by atoms with Gasteiger partial charge in [0.25, 0.3) is 0 Å². The van der Waals surface area contributed by atoms with E-state index < -0.39 is 25.4 Å². The molecular formula is C19H18F6N6S2. The molecule has 0 bridgehead atoms. The van der Waals surface area contributed by atoms with Gasteiger partial charge in [0.15, 0.2) is 10.2 Å². The number of halogens is 6. The number of alkyl halides is 6. The van der Waals surface area contributed by atoms with Gasteiger partial charge in [0.2, 0.25) is 0 Å². The number of hydrazone groups is 2. The molecule has 0 saturated carbocycles. The van der Waals surface area contributed by atoms with Crippen molar-refractivity contribution in [2.24, 2.45) is 10.2 Å². The van der Waals surface area contributed by atoms with Gasteiger partial charge in [-0.25, -0.2) is 0 Å². The van der Waals surface area contributed by atoms with Crippen LogP contribution < -0.4 is 21.5 Å². The topological polar surface area (TPSA) is 72.8 Å². The Morgan fingerprint density at radius 3 is 1.88 bits per heavy atom. The molecule has 0 atom stereocenters. The number of rotatable bonds is 6. The first-order chi connectivity index (χ1) is 15.4. The average molecular weight is 509 g/mol. The fourth-order valence-electron chi connectivity index (χ4n) is 2.50. The van der Waals surface area contributed by atoms with E-state index in [-0.39, 0.29) is 21.6 Å². The van der Waals surface area contributed by atoms with Gasteiger partial charge in [0, 0.05) is 5.56 Å². The van der Waals surface area contributed by atoms with Gasteiger partial charge in [-0.1, -0.05) is 42.5 Å². The van der Waals surface area contributed by atoms with E-state index in [9.17, 15) is 26.3 Å². The molecule has 2 rings (SSSR count). The maximum absolute atomic E-state index is 12.4. The fourth-order valence-corrected chi connectivity index (χ4v) is 2.74. The van der Waals surface area contributed by atoms with Crippen LogP contribution in [0.3, 0.4) is 0 Å². The first-order valence-electron chi connectivity index (χ1n) is 9.17. The number of nitrogens with one attached hydrogen (secondary N) is 4. The van der Waals surface area contributed by atoms with Crippen molar-refractivity contribution >= 4 is 56.9 Å². The molecule has 0 aliphatic heterocycles. The SMILES string of the molecule is CC(=N\NC(=S)NCC(F)(F)F)/C(=N/NC(=S)NCC(F)(F)F)c1cccc2ccccc12. The van der Waals surface area contributed by atoms with Gasteiger partial charge in [-0.05, 0) is 42.1 Å². The number of fused-ring (bicyclic) bond motifs is 1. The standard InChI is InChI=1S/C19H18F6N6S2/c1-11(28-30-16(32)26-9-18(20,21)22)15(29-31-17(33)27-10-19(23,24)25)14-8-4-6-12-5-2-3-7-13(12)14/h2-8H,9-10H2,1H3,(H2,26,30,32)(H2,27,31,33)/b28-11+,29-15-. The molecule has 178 valence electrons. The quantitative estimate of drug-likeness (QED) is 0.205. The molecule has 0 saturated heterocycles. The molecule has 0 amide bonds. The minimum Gasteiger partial charge on any atom is -0.352 e. The van der Waals surface area contributed by atoms with Crippen molar-refractivity contribution in [1.82, 2.24) is 21.5 Å². The van der Waals surface area contributed by atoms with Crippen LogP contribution in [0.15, 0.2) is 52.7 Å². The molecule has 0 fully saturated rings. The van der Waals surface area contributed by atoms with E-state index in [4.69, 9.17) is 24.4 Å². The smallest absolute Gasteiger partial charge is 0.352 e. The van der Waals surface area contributed by atoms with Crippen molar-refractivity contribution in [2.75, 3.05) is 13.1 Å². The lowest BCUT2D eigenvalue weighted by atomic mass is 9.99. The summed E-state index contributed by atoms with van der Waals surface area (Å²) in [6.07, 6.45) is -8.95.